The largest absolute Gasteiger partial charge is 0.294 e. The molecule has 1 unspecified atom stereocenters. The molecule has 118 valence electrons. The van der Waals surface area contributed by atoms with Gasteiger partial charge in [-0.2, -0.15) is 5.10 Å². The van der Waals surface area contributed by atoms with Gasteiger partial charge < -0.3 is 0 Å². The molecule has 0 radical (unpaired) electrons. The second-order valence-electron chi connectivity index (χ2n) is 6.27. The summed E-state index contributed by atoms with van der Waals surface area (Å²) >= 11 is 0. The third-order valence-electron chi connectivity index (χ3n) is 4.76. The predicted molar refractivity (Wildman–Crippen MR) is 86.9 cm³/mol. The third-order valence-corrected chi connectivity index (χ3v) is 4.76. The van der Waals surface area contributed by atoms with Crippen LogP contribution in [0, 0.1) is 6.92 Å². The minimum Gasteiger partial charge on any atom is -0.294 e. The van der Waals surface area contributed by atoms with Gasteiger partial charge in [-0.15, -0.1) is 0 Å². The molecule has 2 heterocycles. The minimum absolute atomic E-state index is 0.240. The van der Waals surface area contributed by atoms with E-state index in [4.69, 9.17) is 0 Å². The van der Waals surface area contributed by atoms with Crippen LogP contribution in [0.25, 0.3) is 5.69 Å². The van der Waals surface area contributed by atoms with E-state index < -0.39 is 0 Å². The van der Waals surface area contributed by atoms with E-state index in [1.807, 2.05) is 29.9 Å². The van der Waals surface area contributed by atoms with Gasteiger partial charge in [0.25, 0.3) is 0 Å². The van der Waals surface area contributed by atoms with Gasteiger partial charge in [0.1, 0.15) is 11.6 Å². The maximum absolute atomic E-state index is 4.69. The fourth-order valence-electron chi connectivity index (χ4n) is 3.36. The summed E-state index contributed by atoms with van der Waals surface area (Å²) in [6.45, 7) is 4.18. The first-order valence-corrected chi connectivity index (χ1v) is 8.22. The number of hydrogen-bond acceptors (Lipinski definition) is 4. The van der Waals surface area contributed by atoms with Gasteiger partial charge in [0, 0.05) is 12.2 Å². The summed E-state index contributed by atoms with van der Waals surface area (Å²) in [5, 5.41) is 4.57. The lowest BCUT2D eigenvalue weighted by molar-refractivity contribution is 0.140. The predicted octanol–water partition coefficient (Wildman–Crippen LogP) is 3.30. The van der Waals surface area contributed by atoms with Crippen molar-refractivity contribution in [3.8, 4) is 5.69 Å². The molecule has 0 N–H and O–H groups in total. The van der Waals surface area contributed by atoms with Gasteiger partial charge in [-0.3, -0.25) is 9.88 Å². The SMILES string of the molecule is Cc1nc(C(C)N(C)C2CCCCC2)n(-c2cccnc2)n1. The van der Waals surface area contributed by atoms with Crippen LogP contribution in [0.3, 0.4) is 0 Å². The van der Waals surface area contributed by atoms with E-state index in [9.17, 15) is 0 Å². The fourth-order valence-corrected chi connectivity index (χ4v) is 3.36. The fraction of sp³-hybridized carbons (Fsp3) is 0.588. The van der Waals surface area contributed by atoms with Crippen LogP contribution in [0.2, 0.25) is 0 Å². The summed E-state index contributed by atoms with van der Waals surface area (Å²) in [6, 6.07) is 4.86. The number of nitrogens with zero attached hydrogens (tertiary/aromatic N) is 5. The zero-order valence-electron chi connectivity index (χ0n) is 13.7. The Morgan fingerprint density at radius 1 is 1.27 bits per heavy atom. The van der Waals surface area contributed by atoms with Gasteiger partial charge in [-0.05, 0) is 45.9 Å². The van der Waals surface area contributed by atoms with Crippen LogP contribution in [-0.4, -0.2) is 37.7 Å². The minimum atomic E-state index is 0.240. The Hall–Kier alpha value is -1.75. The molecular formula is C17H25N5. The first-order valence-electron chi connectivity index (χ1n) is 8.22. The molecule has 0 bridgehead atoms. The van der Waals surface area contributed by atoms with E-state index in [2.05, 4.69) is 33.9 Å². The van der Waals surface area contributed by atoms with Crippen molar-refractivity contribution in [2.45, 2.75) is 58.0 Å². The van der Waals surface area contributed by atoms with Crippen molar-refractivity contribution < 1.29 is 0 Å². The Kier molecular flexibility index (Phi) is 4.52. The molecule has 2 aromatic heterocycles. The van der Waals surface area contributed by atoms with Crippen LogP contribution in [-0.2, 0) is 0 Å². The Morgan fingerprint density at radius 2 is 2.05 bits per heavy atom. The second-order valence-corrected chi connectivity index (χ2v) is 6.27. The Bertz CT molecular complexity index is 601. The van der Waals surface area contributed by atoms with Crippen LogP contribution >= 0.6 is 0 Å². The van der Waals surface area contributed by atoms with Crippen molar-refractivity contribution in [3.63, 3.8) is 0 Å². The molecular weight excluding hydrogens is 274 g/mol. The third kappa shape index (κ3) is 3.04. The highest BCUT2D eigenvalue weighted by Crippen LogP contribution is 2.28. The summed E-state index contributed by atoms with van der Waals surface area (Å²) in [6.07, 6.45) is 10.3. The van der Waals surface area contributed by atoms with Gasteiger partial charge in [-0.25, -0.2) is 9.67 Å². The van der Waals surface area contributed by atoms with Crippen LogP contribution in [0.15, 0.2) is 24.5 Å². The van der Waals surface area contributed by atoms with E-state index in [-0.39, 0.29) is 6.04 Å². The molecule has 5 heteroatoms. The van der Waals surface area contributed by atoms with E-state index in [1.165, 1.54) is 32.1 Å². The molecule has 2 aromatic rings. The van der Waals surface area contributed by atoms with Gasteiger partial charge in [0.2, 0.25) is 0 Å². The smallest absolute Gasteiger partial charge is 0.149 e. The quantitative estimate of drug-likeness (QED) is 0.869. The zero-order chi connectivity index (χ0) is 15.5. The average molecular weight is 299 g/mol. The molecule has 0 aromatic carbocycles. The zero-order valence-corrected chi connectivity index (χ0v) is 13.7. The van der Waals surface area contributed by atoms with Crippen LogP contribution in [0.1, 0.15) is 56.7 Å². The molecule has 1 aliphatic rings. The highest BCUT2D eigenvalue weighted by molar-refractivity contribution is 5.28. The first-order chi connectivity index (χ1) is 10.7. The summed E-state index contributed by atoms with van der Waals surface area (Å²) < 4.78 is 1.94. The topological polar surface area (TPSA) is 46.8 Å². The molecule has 0 amide bonds. The average Bonchev–Trinajstić information content (AvgIpc) is 2.97. The van der Waals surface area contributed by atoms with Crippen molar-refractivity contribution >= 4 is 0 Å². The van der Waals surface area contributed by atoms with Crippen molar-refractivity contribution in [2.75, 3.05) is 7.05 Å². The molecule has 1 atom stereocenters. The standard InChI is InChI=1S/C17H25N5/c1-13(21(3)15-8-5-4-6-9-15)17-19-14(2)20-22(17)16-10-7-11-18-12-16/h7,10-13,15H,4-6,8-9H2,1-3H3. The molecule has 5 nitrogen and oxygen atoms in total. The summed E-state index contributed by atoms with van der Waals surface area (Å²) in [5.74, 6) is 1.81. The number of pyridine rings is 1. The highest BCUT2D eigenvalue weighted by Gasteiger charge is 2.26. The molecule has 22 heavy (non-hydrogen) atoms. The Balaban J connectivity index is 1.87. The van der Waals surface area contributed by atoms with Crippen LogP contribution in [0.4, 0.5) is 0 Å². The van der Waals surface area contributed by atoms with Crippen molar-refractivity contribution in [1.29, 1.82) is 0 Å². The highest BCUT2D eigenvalue weighted by atomic mass is 15.4. The molecule has 1 saturated carbocycles. The summed E-state index contributed by atoms with van der Waals surface area (Å²) in [5.41, 5.74) is 0.974. The Labute approximate surface area is 132 Å². The van der Waals surface area contributed by atoms with Gasteiger partial charge >= 0.3 is 0 Å². The molecule has 1 aliphatic carbocycles. The van der Waals surface area contributed by atoms with Crippen LogP contribution in [0.5, 0.6) is 0 Å². The summed E-state index contributed by atoms with van der Waals surface area (Å²) in [4.78, 5) is 11.4. The maximum atomic E-state index is 4.69. The Morgan fingerprint density at radius 3 is 2.73 bits per heavy atom. The van der Waals surface area contributed by atoms with E-state index in [0.29, 0.717) is 6.04 Å². The number of hydrogen-bond donors (Lipinski definition) is 0. The van der Waals surface area contributed by atoms with Crippen molar-refractivity contribution in [2.24, 2.45) is 0 Å². The van der Waals surface area contributed by atoms with Gasteiger partial charge in [0.15, 0.2) is 0 Å². The van der Waals surface area contributed by atoms with E-state index in [0.717, 1.165) is 17.3 Å². The molecule has 3 rings (SSSR count). The lowest BCUT2D eigenvalue weighted by Gasteiger charge is -2.35. The normalized spacial score (nSPS) is 17.8. The van der Waals surface area contributed by atoms with E-state index >= 15 is 0 Å². The number of aryl methyl sites for hydroxylation is 1. The monoisotopic (exact) mass is 299 g/mol. The van der Waals surface area contributed by atoms with Crippen molar-refractivity contribution in [1.82, 2.24) is 24.6 Å². The number of aromatic nitrogens is 4. The molecule has 0 saturated heterocycles. The van der Waals surface area contributed by atoms with E-state index in [1.54, 1.807) is 6.20 Å². The number of rotatable bonds is 4. The van der Waals surface area contributed by atoms with Gasteiger partial charge in [0.05, 0.1) is 17.9 Å². The lowest BCUT2D eigenvalue weighted by atomic mass is 9.93. The lowest BCUT2D eigenvalue weighted by Crippen LogP contribution is -2.36. The van der Waals surface area contributed by atoms with Crippen LogP contribution < -0.4 is 0 Å². The molecule has 1 fully saturated rings. The maximum Gasteiger partial charge on any atom is 0.149 e. The molecule has 0 aliphatic heterocycles. The first kappa shape index (κ1) is 15.2. The van der Waals surface area contributed by atoms with Crippen molar-refractivity contribution in [3.05, 3.63) is 36.2 Å². The summed E-state index contributed by atoms with van der Waals surface area (Å²) in [7, 11) is 2.22. The van der Waals surface area contributed by atoms with Gasteiger partial charge in [-0.1, -0.05) is 19.3 Å². The second kappa shape index (κ2) is 6.57. The molecule has 0 spiro atoms.